The van der Waals surface area contributed by atoms with Crippen LogP contribution in [0.25, 0.3) is 11.3 Å². The fourth-order valence-electron chi connectivity index (χ4n) is 3.24. The van der Waals surface area contributed by atoms with Gasteiger partial charge in [0.25, 0.3) is 0 Å². The standard InChI is InChI=1S/C23H23F3N2O5S/c1-30-15-6-8-18(31-2)16(12-15)17-13-34-22(27-17)28(21(29)23(24,25)26)10-9-14-5-7-19(32-3)20(11-14)33-4/h5-8,11-13H,9-10H2,1-4H3. The van der Waals surface area contributed by atoms with Crippen LogP contribution in [0.5, 0.6) is 23.0 Å². The highest BCUT2D eigenvalue weighted by Crippen LogP contribution is 2.37. The maximum atomic E-state index is 13.4. The number of carbonyl (C=O) groups is 1. The molecule has 0 aliphatic heterocycles. The number of hydrogen-bond acceptors (Lipinski definition) is 7. The monoisotopic (exact) mass is 496 g/mol. The number of amides is 1. The van der Waals surface area contributed by atoms with Crippen LogP contribution in [0.1, 0.15) is 5.56 Å². The van der Waals surface area contributed by atoms with Crippen molar-refractivity contribution in [2.24, 2.45) is 0 Å². The topological polar surface area (TPSA) is 70.1 Å². The molecule has 0 bridgehead atoms. The lowest BCUT2D eigenvalue weighted by atomic mass is 10.1. The second kappa shape index (κ2) is 10.6. The predicted molar refractivity (Wildman–Crippen MR) is 122 cm³/mol. The Labute approximate surface area is 198 Å². The zero-order valence-corrected chi connectivity index (χ0v) is 19.7. The van der Waals surface area contributed by atoms with Gasteiger partial charge in [-0.25, -0.2) is 4.98 Å². The highest BCUT2D eigenvalue weighted by Gasteiger charge is 2.43. The Kier molecular flexibility index (Phi) is 7.87. The molecule has 0 unspecified atom stereocenters. The third-order valence-corrected chi connectivity index (χ3v) is 5.83. The minimum absolute atomic E-state index is 0.0809. The lowest BCUT2D eigenvalue weighted by Gasteiger charge is -2.21. The highest BCUT2D eigenvalue weighted by atomic mass is 32.1. The first-order valence-corrected chi connectivity index (χ1v) is 10.9. The number of alkyl halides is 3. The van der Waals surface area contributed by atoms with Crippen LogP contribution in [0.15, 0.2) is 41.8 Å². The third kappa shape index (κ3) is 5.53. The van der Waals surface area contributed by atoms with Gasteiger partial charge in [0.05, 0.1) is 34.1 Å². The van der Waals surface area contributed by atoms with Gasteiger partial charge in [-0.2, -0.15) is 13.2 Å². The van der Waals surface area contributed by atoms with Crippen molar-refractivity contribution >= 4 is 22.4 Å². The number of halogens is 3. The van der Waals surface area contributed by atoms with Gasteiger partial charge in [0, 0.05) is 17.5 Å². The summed E-state index contributed by atoms with van der Waals surface area (Å²) in [5, 5.41) is 1.49. The summed E-state index contributed by atoms with van der Waals surface area (Å²) in [4.78, 5) is 17.2. The van der Waals surface area contributed by atoms with Gasteiger partial charge >= 0.3 is 12.1 Å². The summed E-state index contributed by atoms with van der Waals surface area (Å²) in [6.45, 7) is -0.240. The molecule has 2 aromatic carbocycles. The van der Waals surface area contributed by atoms with Crippen LogP contribution in [0.2, 0.25) is 0 Å². The molecule has 0 aliphatic carbocycles. The molecule has 3 rings (SSSR count). The van der Waals surface area contributed by atoms with Crippen LogP contribution < -0.4 is 23.8 Å². The molecular formula is C23H23F3N2O5S. The summed E-state index contributed by atoms with van der Waals surface area (Å²) in [6.07, 6.45) is -4.92. The van der Waals surface area contributed by atoms with Crippen molar-refractivity contribution in [3.8, 4) is 34.3 Å². The fourth-order valence-corrected chi connectivity index (χ4v) is 4.09. The number of nitrogens with zero attached hydrogens (tertiary/aromatic N) is 2. The van der Waals surface area contributed by atoms with E-state index < -0.39 is 12.1 Å². The molecule has 1 heterocycles. The highest BCUT2D eigenvalue weighted by molar-refractivity contribution is 7.14. The Balaban J connectivity index is 1.93. The first kappa shape index (κ1) is 25.2. The molecule has 1 aromatic heterocycles. The van der Waals surface area contributed by atoms with Crippen LogP contribution in [-0.2, 0) is 11.2 Å². The van der Waals surface area contributed by atoms with Crippen molar-refractivity contribution in [3.05, 3.63) is 47.3 Å². The van der Waals surface area contributed by atoms with E-state index in [-0.39, 0.29) is 18.1 Å². The summed E-state index contributed by atoms with van der Waals surface area (Å²) in [5.74, 6) is -0.0631. The summed E-state index contributed by atoms with van der Waals surface area (Å²) in [6, 6.07) is 10.0. The van der Waals surface area contributed by atoms with Crippen molar-refractivity contribution in [1.29, 1.82) is 0 Å². The number of methoxy groups -OCH3 is 4. The van der Waals surface area contributed by atoms with Gasteiger partial charge < -0.3 is 18.9 Å². The second-order valence-corrected chi connectivity index (χ2v) is 7.81. The Bertz CT molecular complexity index is 1150. The van der Waals surface area contributed by atoms with Crippen molar-refractivity contribution in [2.75, 3.05) is 39.9 Å². The van der Waals surface area contributed by atoms with E-state index in [0.29, 0.717) is 44.7 Å². The average Bonchev–Trinajstić information content (AvgIpc) is 3.32. The first-order valence-electron chi connectivity index (χ1n) is 9.99. The van der Waals surface area contributed by atoms with E-state index in [1.54, 1.807) is 41.8 Å². The zero-order chi connectivity index (χ0) is 24.9. The van der Waals surface area contributed by atoms with E-state index in [1.807, 2.05) is 0 Å². The van der Waals surface area contributed by atoms with Gasteiger partial charge in [-0.3, -0.25) is 9.69 Å². The number of ether oxygens (including phenoxy) is 4. The van der Waals surface area contributed by atoms with E-state index in [0.717, 1.165) is 11.3 Å². The largest absolute Gasteiger partial charge is 0.497 e. The Hall–Kier alpha value is -3.47. The summed E-state index contributed by atoms with van der Waals surface area (Å²) >= 11 is 0.931. The average molecular weight is 497 g/mol. The number of benzene rings is 2. The predicted octanol–water partition coefficient (Wildman–Crippen LogP) is 4.98. The number of rotatable bonds is 9. The van der Waals surface area contributed by atoms with Gasteiger partial charge in [-0.05, 0) is 42.3 Å². The third-order valence-electron chi connectivity index (χ3n) is 4.97. The molecule has 0 N–H and O–H groups in total. The van der Waals surface area contributed by atoms with E-state index in [9.17, 15) is 18.0 Å². The van der Waals surface area contributed by atoms with Crippen LogP contribution in [0.3, 0.4) is 0 Å². The molecule has 0 aliphatic rings. The first-order chi connectivity index (χ1) is 16.2. The molecule has 0 atom stereocenters. The number of hydrogen-bond donors (Lipinski definition) is 0. The molecular weight excluding hydrogens is 473 g/mol. The Morgan fingerprint density at radius 2 is 1.62 bits per heavy atom. The minimum Gasteiger partial charge on any atom is -0.497 e. The van der Waals surface area contributed by atoms with E-state index in [4.69, 9.17) is 18.9 Å². The van der Waals surface area contributed by atoms with Gasteiger partial charge in [0.1, 0.15) is 11.5 Å². The lowest BCUT2D eigenvalue weighted by molar-refractivity contribution is -0.170. The van der Waals surface area contributed by atoms with Gasteiger partial charge in [0.2, 0.25) is 0 Å². The molecule has 34 heavy (non-hydrogen) atoms. The molecule has 0 radical (unpaired) electrons. The smallest absolute Gasteiger partial charge is 0.471 e. The van der Waals surface area contributed by atoms with Crippen LogP contribution in [0.4, 0.5) is 18.3 Å². The molecule has 1 amide bonds. The van der Waals surface area contributed by atoms with Gasteiger partial charge in [0.15, 0.2) is 16.6 Å². The molecule has 0 saturated carbocycles. The number of aromatic nitrogens is 1. The zero-order valence-electron chi connectivity index (χ0n) is 18.9. The molecule has 182 valence electrons. The van der Waals surface area contributed by atoms with E-state index in [1.165, 1.54) is 28.4 Å². The quantitative estimate of drug-likeness (QED) is 0.416. The molecule has 11 heteroatoms. The molecule has 3 aromatic rings. The molecule has 0 fully saturated rings. The SMILES string of the molecule is COc1ccc(OC)c(-c2csc(N(CCc3ccc(OC)c(OC)c3)C(=O)C(F)(F)F)n2)c1. The number of thiazole rings is 1. The minimum atomic E-state index is -5.06. The van der Waals surface area contributed by atoms with Gasteiger partial charge in [-0.1, -0.05) is 6.07 Å². The summed E-state index contributed by atoms with van der Waals surface area (Å²) < 4.78 is 61.2. The second-order valence-electron chi connectivity index (χ2n) is 6.98. The maximum Gasteiger partial charge on any atom is 0.471 e. The maximum absolute atomic E-state index is 13.4. The number of carbonyl (C=O) groups excluding carboxylic acids is 1. The fraction of sp³-hybridized carbons (Fsp3) is 0.304. The van der Waals surface area contributed by atoms with Crippen LogP contribution >= 0.6 is 11.3 Å². The van der Waals surface area contributed by atoms with Crippen molar-refractivity contribution in [1.82, 2.24) is 4.98 Å². The van der Waals surface area contributed by atoms with E-state index >= 15 is 0 Å². The van der Waals surface area contributed by atoms with Crippen LogP contribution in [0, 0.1) is 0 Å². The lowest BCUT2D eigenvalue weighted by Crippen LogP contribution is -2.42. The molecule has 0 spiro atoms. The van der Waals surface area contributed by atoms with Gasteiger partial charge in [-0.15, -0.1) is 11.3 Å². The van der Waals surface area contributed by atoms with Crippen LogP contribution in [-0.4, -0.2) is 52.1 Å². The van der Waals surface area contributed by atoms with Crippen molar-refractivity contribution in [3.63, 3.8) is 0 Å². The van der Waals surface area contributed by atoms with Crippen molar-refractivity contribution < 1.29 is 36.9 Å². The summed E-state index contributed by atoms with van der Waals surface area (Å²) in [5.41, 5.74) is 1.56. The van der Waals surface area contributed by atoms with Crippen molar-refractivity contribution in [2.45, 2.75) is 12.6 Å². The number of anilines is 1. The Morgan fingerprint density at radius 1 is 0.941 bits per heavy atom. The van der Waals surface area contributed by atoms with E-state index in [2.05, 4.69) is 4.98 Å². The molecule has 7 nitrogen and oxygen atoms in total. The molecule has 0 saturated heterocycles. The Morgan fingerprint density at radius 3 is 2.24 bits per heavy atom. The summed E-state index contributed by atoms with van der Waals surface area (Å²) in [7, 11) is 5.92. The normalized spacial score (nSPS) is 11.1.